The van der Waals surface area contributed by atoms with E-state index in [2.05, 4.69) is 23.7 Å². The van der Waals surface area contributed by atoms with Crippen molar-refractivity contribution < 1.29 is 9.59 Å². The minimum atomic E-state index is -0.162. The second kappa shape index (κ2) is 9.06. The Morgan fingerprint density at radius 1 is 1.13 bits per heavy atom. The summed E-state index contributed by atoms with van der Waals surface area (Å²) in [5.41, 5.74) is 0. The predicted octanol–water partition coefficient (Wildman–Crippen LogP) is 1.65. The van der Waals surface area contributed by atoms with Gasteiger partial charge in [0.25, 0.3) is 0 Å². The van der Waals surface area contributed by atoms with E-state index >= 15 is 0 Å². The van der Waals surface area contributed by atoms with Gasteiger partial charge in [-0.3, -0.25) is 14.5 Å². The van der Waals surface area contributed by atoms with Crippen molar-refractivity contribution >= 4 is 11.8 Å². The van der Waals surface area contributed by atoms with Crippen LogP contribution in [0.3, 0.4) is 0 Å². The largest absolute Gasteiger partial charge is 0.352 e. The maximum Gasteiger partial charge on any atom is 0.226 e. The van der Waals surface area contributed by atoms with Gasteiger partial charge in [0.2, 0.25) is 11.8 Å². The fourth-order valence-corrected chi connectivity index (χ4v) is 3.79. The number of carbonyl (C=O) groups is 2. The first-order valence-corrected chi connectivity index (χ1v) is 9.07. The molecule has 2 atom stereocenters. The number of amides is 2. The Balaban J connectivity index is 1.93. The molecule has 0 aromatic heterocycles. The van der Waals surface area contributed by atoms with Crippen LogP contribution in [0.5, 0.6) is 0 Å². The normalized spacial score (nSPS) is 25.9. The molecule has 0 unspecified atom stereocenters. The maximum absolute atomic E-state index is 12.9. The highest BCUT2D eigenvalue weighted by Crippen LogP contribution is 2.32. The average Bonchev–Trinajstić information content (AvgIpc) is 2.60. The Labute approximate surface area is 140 Å². The zero-order chi connectivity index (χ0) is 16.7. The molecule has 0 aromatic rings. The standard InChI is InChI=1S/C18H31N3O2/c1-3-9-19-17(22)15-7-5-6-8-16(15)18(23)21-13-11-20(10-4-2)12-14-21/h3,15-16H,1,4-14H2,2H3,(H,19,22)/t15-,16+/m1/s1. The number of hydrogen-bond donors (Lipinski definition) is 1. The molecule has 1 N–H and O–H groups in total. The molecule has 0 aromatic carbocycles. The van der Waals surface area contributed by atoms with E-state index in [1.165, 1.54) is 0 Å². The number of nitrogens with one attached hydrogen (secondary N) is 1. The smallest absolute Gasteiger partial charge is 0.226 e. The number of carbonyl (C=O) groups excluding carboxylic acids is 2. The molecule has 1 aliphatic carbocycles. The van der Waals surface area contributed by atoms with Gasteiger partial charge in [-0.25, -0.2) is 0 Å². The molecule has 1 aliphatic heterocycles. The van der Waals surface area contributed by atoms with Crippen LogP contribution in [0.4, 0.5) is 0 Å². The first-order chi connectivity index (χ1) is 11.2. The van der Waals surface area contributed by atoms with E-state index in [1.54, 1.807) is 6.08 Å². The Kier molecular flexibility index (Phi) is 7.09. The molecule has 0 spiro atoms. The van der Waals surface area contributed by atoms with Gasteiger partial charge in [0.05, 0.1) is 0 Å². The number of hydrogen-bond acceptors (Lipinski definition) is 3. The Morgan fingerprint density at radius 3 is 2.39 bits per heavy atom. The monoisotopic (exact) mass is 321 g/mol. The highest BCUT2D eigenvalue weighted by atomic mass is 16.2. The van der Waals surface area contributed by atoms with Crippen molar-refractivity contribution in [2.75, 3.05) is 39.3 Å². The molecule has 5 heteroatoms. The predicted molar refractivity (Wildman–Crippen MR) is 92.0 cm³/mol. The highest BCUT2D eigenvalue weighted by molar-refractivity contribution is 5.88. The van der Waals surface area contributed by atoms with Crippen LogP contribution < -0.4 is 5.32 Å². The Hall–Kier alpha value is -1.36. The van der Waals surface area contributed by atoms with Crippen LogP contribution in [0.1, 0.15) is 39.0 Å². The molecule has 23 heavy (non-hydrogen) atoms. The lowest BCUT2D eigenvalue weighted by Crippen LogP contribution is -2.52. The Morgan fingerprint density at radius 2 is 1.78 bits per heavy atom. The third-order valence-electron chi connectivity index (χ3n) is 5.06. The SMILES string of the molecule is C=CCNC(=O)[C@@H]1CCCC[C@@H]1C(=O)N1CCN(CCC)CC1. The van der Waals surface area contributed by atoms with E-state index in [4.69, 9.17) is 0 Å². The molecule has 2 amide bonds. The molecule has 2 rings (SSSR count). The second-order valence-electron chi connectivity index (χ2n) is 6.70. The van der Waals surface area contributed by atoms with Gasteiger partial charge in [-0.1, -0.05) is 25.8 Å². The van der Waals surface area contributed by atoms with Crippen LogP contribution in [0.2, 0.25) is 0 Å². The van der Waals surface area contributed by atoms with Gasteiger partial charge in [0, 0.05) is 44.6 Å². The minimum Gasteiger partial charge on any atom is -0.352 e. The maximum atomic E-state index is 12.9. The van der Waals surface area contributed by atoms with Crippen LogP contribution in [-0.2, 0) is 9.59 Å². The number of nitrogens with zero attached hydrogens (tertiary/aromatic N) is 2. The van der Waals surface area contributed by atoms with Gasteiger partial charge >= 0.3 is 0 Å². The average molecular weight is 321 g/mol. The summed E-state index contributed by atoms with van der Waals surface area (Å²) < 4.78 is 0. The minimum absolute atomic E-state index is 0.0209. The zero-order valence-corrected chi connectivity index (χ0v) is 14.4. The summed E-state index contributed by atoms with van der Waals surface area (Å²) >= 11 is 0. The molecular weight excluding hydrogens is 290 g/mol. The molecule has 0 radical (unpaired) electrons. The molecule has 2 fully saturated rings. The second-order valence-corrected chi connectivity index (χ2v) is 6.70. The van der Waals surface area contributed by atoms with E-state index in [0.717, 1.165) is 64.8 Å². The topological polar surface area (TPSA) is 52.7 Å². The van der Waals surface area contributed by atoms with Crippen molar-refractivity contribution in [2.24, 2.45) is 11.8 Å². The van der Waals surface area contributed by atoms with E-state index < -0.39 is 0 Å². The van der Waals surface area contributed by atoms with Crippen LogP contribution in [-0.4, -0.2) is 60.9 Å². The fraction of sp³-hybridized carbons (Fsp3) is 0.778. The molecule has 2 aliphatic rings. The Bertz CT molecular complexity index is 416. The van der Waals surface area contributed by atoms with Crippen LogP contribution >= 0.6 is 0 Å². The molecule has 1 saturated heterocycles. The van der Waals surface area contributed by atoms with E-state index in [-0.39, 0.29) is 23.7 Å². The number of piperazine rings is 1. The fourth-order valence-electron chi connectivity index (χ4n) is 3.79. The van der Waals surface area contributed by atoms with Crippen molar-refractivity contribution in [3.05, 3.63) is 12.7 Å². The van der Waals surface area contributed by atoms with Crippen molar-refractivity contribution in [3.8, 4) is 0 Å². The van der Waals surface area contributed by atoms with Crippen molar-refractivity contribution in [1.82, 2.24) is 15.1 Å². The van der Waals surface area contributed by atoms with Crippen molar-refractivity contribution in [3.63, 3.8) is 0 Å². The van der Waals surface area contributed by atoms with Gasteiger partial charge in [-0.05, 0) is 25.8 Å². The van der Waals surface area contributed by atoms with Gasteiger partial charge in [-0.2, -0.15) is 0 Å². The molecule has 130 valence electrons. The van der Waals surface area contributed by atoms with Crippen molar-refractivity contribution in [2.45, 2.75) is 39.0 Å². The molecule has 1 heterocycles. The molecule has 5 nitrogen and oxygen atoms in total. The molecular formula is C18H31N3O2. The molecule has 0 bridgehead atoms. The van der Waals surface area contributed by atoms with E-state index in [1.807, 2.05) is 4.90 Å². The first-order valence-electron chi connectivity index (χ1n) is 9.07. The third-order valence-corrected chi connectivity index (χ3v) is 5.06. The zero-order valence-electron chi connectivity index (χ0n) is 14.4. The summed E-state index contributed by atoms with van der Waals surface area (Å²) in [4.78, 5) is 29.7. The quantitative estimate of drug-likeness (QED) is 0.757. The van der Waals surface area contributed by atoms with Gasteiger partial charge in [-0.15, -0.1) is 6.58 Å². The van der Waals surface area contributed by atoms with E-state index in [9.17, 15) is 9.59 Å². The number of rotatable bonds is 6. The van der Waals surface area contributed by atoms with Crippen LogP contribution in [0.25, 0.3) is 0 Å². The van der Waals surface area contributed by atoms with Gasteiger partial charge < -0.3 is 10.2 Å². The van der Waals surface area contributed by atoms with Gasteiger partial charge in [0.15, 0.2) is 0 Å². The lowest BCUT2D eigenvalue weighted by molar-refractivity contribution is -0.145. The third kappa shape index (κ3) is 4.80. The summed E-state index contributed by atoms with van der Waals surface area (Å²) in [6.07, 6.45) is 6.61. The van der Waals surface area contributed by atoms with Gasteiger partial charge in [0.1, 0.15) is 0 Å². The summed E-state index contributed by atoms with van der Waals surface area (Å²) in [7, 11) is 0. The van der Waals surface area contributed by atoms with Crippen molar-refractivity contribution in [1.29, 1.82) is 0 Å². The highest BCUT2D eigenvalue weighted by Gasteiger charge is 2.38. The summed E-state index contributed by atoms with van der Waals surface area (Å²) in [5.74, 6) is -0.0802. The summed E-state index contributed by atoms with van der Waals surface area (Å²) in [5, 5.41) is 2.88. The lowest BCUT2D eigenvalue weighted by atomic mass is 9.77. The summed E-state index contributed by atoms with van der Waals surface area (Å²) in [6, 6.07) is 0. The molecule has 1 saturated carbocycles. The van der Waals surface area contributed by atoms with Crippen LogP contribution in [0.15, 0.2) is 12.7 Å². The first kappa shape index (κ1) is 18.0. The lowest BCUT2D eigenvalue weighted by Gasteiger charge is -2.38. The van der Waals surface area contributed by atoms with Crippen LogP contribution in [0, 0.1) is 11.8 Å². The van der Waals surface area contributed by atoms with E-state index in [0.29, 0.717) is 6.54 Å². The summed E-state index contributed by atoms with van der Waals surface area (Å²) in [6.45, 7) is 10.9.